The molecule has 0 aliphatic carbocycles. The summed E-state index contributed by atoms with van der Waals surface area (Å²) >= 11 is 19.1. The van der Waals surface area contributed by atoms with E-state index in [1.807, 2.05) is 24.3 Å². The lowest BCUT2D eigenvalue weighted by molar-refractivity contribution is -0.401. The van der Waals surface area contributed by atoms with Gasteiger partial charge >= 0.3 is 0 Å². The minimum atomic E-state index is -0.157. The van der Waals surface area contributed by atoms with Crippen LogP contribution in [0, 0.1) is 0 Å². The number of fused-ring (bicyclic) bond motifs is 2. The molecule has 0 bridgehead atoms. The summed E-state index contributed by atoms with van der Waals surface area (Å²) in [6.45, 7) is 8.85. The molecule has 0 fully saturated rings. The van der Waals surface area contributed by atoms with Gasteiger partial charge in [-0.05, 0) is 68.0 Å². The van der Waals surface area contributed by atoms with Crippen molar-refractivity contribution in [3.05, 3.63) is 92.6 Å². The van der Waals surface area contributed by atoms with Crippen LogP contribution in [-0.2, 0) is 10.8 Å². The lowest BCUT2D eigenvalue weighted by atomic mass is 9.81. The summed E-state index contributed by atoms with van der Waals surface area (Å²) in [5.41, 5.74) is 6.83. The molecule has 166 valence electrons. The van der Waals surface area contributed by atoms with E-state index in [1.54, 1.807) is 0 Å². The molecule has 0 saturated heterocycles. The van der Waals surface area contributed by atoms with Gasteiger partial charge in [-0.15, -0.1) is 0 Å². The third kappa shape index (κ3) is 3.73. The highest BCUT2D eigenvalue weighted by Crippen LogP contribution is 2.47. The van der Waals surface area contributed by atoms with Crippen molar-refractivity contribution in [1.82, 2.24) is 0 Å². The van der Waals surface area contributed by atoms with Crippen molar-refractivity contribution in [1.29, 1.82) is 0 Å². The Labute approximate surface area is 206 Å². The van der Waals surface area contributed by atoms with Crippen molar-refractivity contribution in [2.24, 2.45) is 0 Å². The molecule has 0 unspecified atom stereocenters. The van der Waals surface area contributed by atoms with Crippen molar-refractivity contribution in [3.8, 4) is 0 Å². The fraction of sp³-hybridized carbons (Fsp3) is 0.296. The first-order valence-corrected chi connectivity index (χ1v) is 11.8. The van der Waals surface area contributed by atoms with Gasteiger partial charge in [0.2, 0.25) is 5.69 Å². The Morgan fingerprint density at radius 1 is 0.938 bits per heavy atom. The first kappa shape index (κ1) is 23.2. The predicted molar refractivity (Wildman–Crippen MR) is 139 cm³/mol. The van der Waals surface area contributed by atoms with Crippen LogP contribution in [-0.4, -0.2) is 24.4 Å². The quantitative estimate of drug-likeness (QED) is 0.315. The molecular formula is C27H28Cl3N2+. The number of likely N-dealkylation sites (N-methyl/N-ethyl adjacent to an activating group) is 1. The number of hydrogen-bond donors (Lipinski definition) is 0. The Morgan fingerprint density at radius 2 is 1.56 bits per heavy atom. The van der Waals surface area contributed by atoms with Crippen molar-refractivity contribution >= 4 is 51.9 Å². The molecule has 0 spiro atoms. The SMILES string of the molecule is CN1/C(=C/C=C(Cl)/C=C/C2=[N+](C)c3ccc(Cl)cc3C2(C)C)C(C)(C)c2cc(Cl)ccc21. The normalized spacial score (nSPS) is 20.5. The largest absolute Gasteiger partial charge is 0.347 e. The fourth-order valence-corrected chi connectivity index (χ4v) is 5.46. The summed E-state index contributed by atoms with van der Waals surface area (Å²) in [5.74, 6) is 0. The molecule has 2 aliphatic heterocycles. The highest BCUT2D eigenvalue weighted by Gasteiger charge is 2.43. The molecule has 0 N–H and O–H groups in total. The molecule has 2 aromatic carbocycles. The van der Waals surface area contributed by atoms with Crippen LogP contribution in [0.25, 0.3) is 0 Å². The van der Waals surface area contributed by atoms with Crippen LogP contribution < -0.4 is 4.90 Å². The fourth-order valence-electron chi connectivity index (χ4n) is 4.99. The second-order valence-corrected chi connectivity index (χ2v) is 10.8. The van der Waals surface area contributed by atoms with Crippen LogP contribution >= 0.6 is 34.8 Å². The van der Waals surface area contributed by atoms with E-state index in [0.717, 1.165) is 10.0 Å². The van der Waals surface area contributed by atoms with Crippen LogP contribution in [0.4, 0.5) is 11.4 Å². The molecule has 32 heavy (non-hydrogen) atoms. The van der Waals surface area contributed by atoms with Crippen molar-refractivity contribution in [3.63, 3.8) is 0 Å². The number of nitrogens with zero attached hydrogens (tertiary/aromatic N) is 2. The molecule has 5 heteroatoms. The molecule has 4 rings (SSSR count). The average Bonchev–Trinajstić information content (AvgIpc) is 3.02. The Morgan fingerprint density at radius 3 is 2.25 bits per heavy atom. The van der Waals surface area contributed by atoms with Gasteiger partial charge in [0, 0.05) is 56.6 Å². The second-order valence-electron chi connectivity index (χ2n) is 9.51. The van der Waals surface area contributed by atoms with Gasteiger partial charge in [-0.1, -0.05) is 48.7 Å². The summed E-state index contributed by atoms with van der Waals surface area (Å²) < 4.78 is 2.21. The summed E-state index contributed by atoms with van der Waals surface area (Å²) in [7, 11) is 4.16. The van der Waals surface area contributed by atoms with Gasteiger partial charge in [-0.25, -0.2) is 0 Å². The van der Waals surface area contributed by atoms with E-state index in [-0.39, 0.29) is 10.8 Å². The molecule has 2 nitrogen and oxygen atoms in total. The Hall–Kier alpha value is -2.00. The average molecular weight is 487 g/mol. The Kier molecular flexibility index (Phi) is 5.86. The highest BCUT2D eigenvalue weighted by atomic mass is 35.5. The van der Waals surface area contributed by atoms with Gasteiger partial charge in [-0.3, -0.25) is 0 Å². The Bertz CT molecular complexity index is 1230. The van der Waals surface area contributed by atoms with E-state index >= 15 is 0 Å². The van der Waals surface area contributed by atoms with E-state index in [2.05, 4.69) is 87.7 Å². The van der Waals surface area contributed by atoms with Gasteiger partial charge in [0.25, 0.3) is 0 Å². The zero-order chi connectivity index (χ0) is 23.4. The number of rotatable bonds is 3. The van der Waals surface area contributed by atoms with Crippen LogP contribution in [0.5, 0.6) is 0 Å². The summed E-state index contributed by atoms with van der Waals surface area (Å²) in [5, 5.41) is 2.18. The minimum Gasteiger partial charge on any atom is -0.347 e. The van der Waals surface area contributed by atoms with E-state index in [4.69, 9.17) is 34.8 Å². The lowest BCUT2D eigenvalue weighted by Crippen LogP contribution is -2.26. The standard InChI is InChI=1S/C27H28Cl3N2/c1-26(2)20-15-18(29)7-11-22(20)31(5)24(26)13-9-17(28)10-14-25-27(3,4)21-16-19(30)8-12-23(21)32(25)6/h7-16H,1-6H3/q+1. The van der Waals surface area contributed by atoms with Crippen molar-refractivity contribution < 1.29 is 4.58 Å². The first-order valence-electron chi connectivity index (χ1n) is 10.7. The topological polar surface area (TPSA) is 6.25 Å². The predicted octanol–water partition coefficient (Wildman–Crippen LogP) is 7.99. The maximum absolute atomic E-state index is 6.63. The maximum Gasteiger partial charge on any atom is 0.209 e. The monoisotopic (exact) mass is 485 g/mol. The molecule has 2 aliphatic rings. The third-order valence-electron chi connectivity index (χ3n) is 6.79. The van der Waals surface area contributed by atoms with E-state index in [9.17, 15) is 0 Å². The van der Waals surface area contributed by atoms with E-state index in [0.29, 0.717) is 5.03 Å². The summed E-state index contributed by atoms with van der Waals surface area (Å²) in [6.07, 6.45) is 8.13. The summed E-state index contributed by atoms with van der Waals surface area (Å²) in [4.78, 5) is 2.21. The molecule has 2 aromatic rings. The smallest absolute Gasteiger partial charge is 0.209 e. The lowest BCUT2D eigenvalue weighted by Gasteiger charge is -2.23. The second kappa shape index (κ2) is 8.09. The molecular weight excluding hydrogens is 459 g/mol. The molecule has 0 radical (unpaired) electrons. The van der Waals surface area contributed by atoms with Gasteiger partial charge in [-0.2, -0.15) is 4.58 Å². The number of allylic oxidation sites excluding steroid dienone is 6. The number of halogens is 3. The molecule has 2 heterocycles. The maximum atomic E-state index is 6.63. The first-order chi connectivity index (χ1) is 14.9. The van der Waals surface area contributed by atoms with E-state index in [1.165, 1.54) is 33.9 Å². The van der Waals surface area contributed by atoms with Crippen LogP contribution in [0.3, 0.4) is 0 Å². The zero-order valence-corrected chi connectivity index (χ0v) is 21.6. The molecule has 0 amide bonds. The van der Waals surface area contributed by atoms with Crippen LogP contribution in [0.15, 0.2) is 71.4 Å². The number of hydrogen-bond acceptors (Lipinski definition) is 1. The van der Waals surface area contributed by atoms with Crippen LogP contribution in [0.2, 0.25) is 10.0 Å². The van der Waals surface area contributed by atoms with Crippen molar-refractivity contribution in [2.75, 3.05) is 19.0 Å². The zero-order valence-electron chi connectivity index (χ0n) is 19.3. The molecule has 0 aromatic heterocycles. The van der Waals surface area contributed by atoms with Gasteiger partial charge < -0.3 is 4.90 Å². The Balaban J connectivity index is 1.63. The number of benzene rings is 2. The van der Waals surface area contributed by atoms with Gasteiger partial charge in [0.05, 0.1) is 5.41 Å². The van der Waals surface area contributed by atoms with E-state index < -0.39 is 0 Å². The molecule has 0 atom stereocenters. The third-order valence-corrected chi connectivity index (χ3v) is 7.51. The molecule has 0 saturated carbocycles. The van der Waals surface area contributed by atoms with Gasteiger partial charge in [0.1, 0.15) is 7.05 Å². The van der Waals surface area contributed by atoms with Crippen LogP contribution in [0.1, 0.15) is 38.8 Å². The minimum absolute atomic E-state index is 0.157. The summed E-state index contributed by atoms with van der Waals surface area (Å²) in [6, 6.07) is 12.1. The van der Waals surface area contributed by atoms with Crippen molar-refractivity contribution in [2.45, 2.75) is 38.5 Å². The highest BCUT2D eigenvalue weighted by molar-refractivity contribution is 6.32. The number of anilines is 1. The van der Waals surface area contributed by atoms with Gasteiger partial charge in [0.15, 0.2) is 5.71 Å².